The van der Waals surface area contributed by atoms with Crippen LogP contribution in [0, 0.1) is 6.92 Å². The number of likely N-dealkylation sites (N-methyl/N-ethyl adjacent to an activating group) is 1. The molecule has 1 heterocycles. The van der Waals surface area contributed by atoms with Gasteiger partial charge in [-0.15, -0.1) is 0 Å². The molecule has 0 unspecified atom stereocenters. The second-order valence-corrected chi connectivity index (χ2v) is 9.00. The number of amides is 2. The molecule has 3 rings (SSSR count). The molecule has 0 fully saturated rings. The molecule has 32 heavy (non-hydrogen) atoms. The van der Waals surface area contributed by atoms with Crippen LogP contribution in [0.5, 0.6) is 5.75 Å². The van der Waals surface area contributed by atoms with Crippen LogP contribution in [0.3, 0.4) is 0 Å². The molecule has 6 nitrogen and oxygen atoms in total. The number of ether oxygens (including phenoxy) is 2. The minimum Gasteiger partial charge on any atom is -0.487 e. The molecule has 0 aromatic heterocycles. The number of rotatable bonds is 6. The van der Waals surface area contributed by atoms with E-state index >= 15 is 0 Å². The van der Waals surface area contributed by atoms with Gasteiger partial charge in [-0.1, -0.05) is 62.7 Å². The minimum absolute atomic E-state index is 0.00140. The van der Waals surface area contributed by atoms with Crippen LogP contribution in [0.2, 0.25) is 0 Å². The third kappa shape index (κ3) is 5.13. The zero-order chi connectivity index (χ0) is 23.5. The number of benzene rings is 2. The van der Waals surface area contributed by atoms with E-state index in [4.69, 9.17) is 9.47 Å². The summed E-state index contributed by atoms with van der Waals surface area (Å²) in [5.41, 5.74) is 3.97. The molecule has 0 bridgehead atoms. The summed E-state index contributed by atoms with van der Waals surface area (Å²) in [6, 6.07) is 14.7. The van der Waals surface area contributed by atoms with Gasteiger partial charge in [-0.25, -0.2) is 9.59 Å². The molecule has 0 saturated heterocycles. The van der Waals surface area contributed by atoms with Crippen molar-refractivity contribution in [2.45, 2.75) is 46.1 Å². The molecule has 2 aromatic carbocycles. The van der Waals surface area contributed by atoms with Crippen LogP contribution in [0.15, 0.2) is 59.8 Å². The molecule has 0 radical (unpaired) electrons. The molecule has 0 saturated carbocycles. The minimum atomic E-state index is -0.622. The van der Waals surface area contributed by atoms with Gasteiger partial charge in [-0.3, -0.25) is 4.90 Å². The number of carbonyl (C=O) groups excluding carboxylic acids is 2. The van der Waals surface area contributed by atoms with Gasteiger partial charge in [0.15, 0.2) is 0 Å². The molecule has 1 atom stereocenters. The summed E-state index contributed by atoms with van der Waals surface area (Å²) >= 11 is 0. The third-order valence-electron chi connectivity index (χ3n) is 5.58. The maximum atomic E-state index is 13.0. The molecule has 1 N–H and O–H groups in total. The van der Waals surface area contributed by atoms with Gasteiger partial charge in [0.25, 0.3) is 0 Å². The molecule has 170 valence electrons. The Morgan fingerprint density at radius 1 is 1.06 bits per heavy atom. The first-order valence-corrected chi connectivity index (χ1v) is 10.9. The number of nitrogens with one attached hydrogen (secondary N) is 1. The van der Waals surface area contributed by atoms with Crippen molar-refractivity contribution in [1.29, 1.82) is 0 Å². The van der Waals surface area contributed by atoms with E-state index in [1.807, 2.05) is 55.5 Å². The Bertz CT molecular complexity index is 1000. The number of nitrogens with zero attached hydrogens (tertiary/aromatic N) is 1. The molecular weight excluding hydrogens is 404 g/mol. The second kappa shape index (κ2) is 9.47. The predicted molar refractivity (Wildman–Crippen MR) is 125 cm³/mol. The van der Waals surface area contributed by atoms with Gasteiger partial charge in [0.05, 0.1) is 23.9 Å². The van der Waals surface area contributed by atoms with Crippen molar-refractivity contribution in [3.8, 4) is 5.75 Å². The Labute approximate surface area is 190 Å². The number of hydrogen-bond donors (Lipinski definition) is 1. The van der Waals surface area contributed by atoms with Gasteiger partial charge in [0.1, 0.15) is 12.4 Å². The van der Waals surface area contributed by atoms with Gasteiger partial charge < -0.3 is 14.8 Å². The largest absolute Gasteiger partial charge is 0.487 e. The van der Waals surface area contributed by atoms with Crippen molar-refractivity contribution < 1.29 is 19.1 Å². The van der Waals surface area contributed by atoms with E-state index in [2.05, 4.69) is 26.1 Å². The number of carbonyl (C=O) groups is 2. The number of esters is 1. The van der Waals surface area contributed by atoms with Crippen LogP contribution in [0.25, 0.3) is 0 Å². The standard InChI is InChI=1S/C26H32N2O4/c1-7-31-24(29)22-21(16-32-20-14-8-17(2)9-15-20)28(6)25(30)27-23(22)18-10-12-19(13-11-18)26(3,4)5/h8-15,23H,7,16H2,1-6H3,(H,27,30)/t23-/m0/s1. The predicted octanol–water partition coefficient (Wildman–Crippen LogP) is 4.88. The van der Waals surface area contributed by atoms with Crippen molar-refractivity contribution in [1.82, 2.24) is 10.2 Å². The summed E-state index contributed by atoms with van der Waals surface area (Å²) in [7, 11) is 1.63. The molecular formula is C26H32N2O4. The van der Waals surface area contributed by atoms with Crippen LogP contribution in [-0.4, -0.2) is 37.2 Å². The fourth-order valence-electron chi connectivity index (χ4n) is 3.59. The smallest absolute Gasteiger partial charge is 0.338 e. The molecule has 1 aliphatic heterocycles. The van der Waals surface area contributed by atoms with Gasteiger partial charge in [0.2, 0.25) is 0 Å². The Balaban J connectivity index is 2.01. The fraction of sp³-hybridized carbons (Fsp3) is 0.385. The monoisotopic (exact) mass is 436 g/mol. The third-order valence-corrected chi connectivity index (χ3v) is 5.58. The van der Waals surface area contributed by atoms with E-state index in [0.29, 0.717) is 17.0 Å². The van der Waals surface area contributed by atoms with Crippen LogP contribution in [-0.2, 0) is 14.9 Å². The van der Waals surface area contributed by atoms with Crippen molar-refractivity contribution in [2.75, 3.05) is 20.3 Å². The lowest BCUT2D eigenvalue weighted by molar-refractivity contribution is -0.139. The zero-order valence-electron chi connectivity index (χ0n) is 19.7. The highest BCUT2D eigenvalue weighted by Crippen LogP contribution is 2.33. The Kier molecular flexibility index (Phi) is 6.92. The molecule has 2 aromatic rings. The molecule has 6 heteroatoms. The number of hydrogen-bond acceptors (Lipinski definition) is 4. The molecule has 1 aliphatic rings. The summed E-state index contributed by atoms with van der Waals surface area (Å²) in [6.45, 7) is 10.5. The topological polar surface area (TPSA) is 67.9 Å². The van der Waals surface area contributed by atoms with Crippen molar-refractivity contribution >= 4 is 12.0 Å². The van der Waals surface area contributed by atoms with Gasteiger partial charge in [0, 0.05) is 7.05 Å². The first-order valence-electron chi connectivity index (χ1n) is 10.9. The van der Waals surface area contributed by atoms with Crippen molar-refractivity contribution in [2.24, 2.45) is 0 Å². The Hall–Kier alpha value is -3.28. The highest BCUT2D eigenvalue weighted by molar-refractivity contribution is 5.95. The maximum Gasteiger partial charge on any atom is 0.338 e. The zero-order valence-corrected chi connectivity index (χ0v) is 19.7. The summed E-state index contributed by atoms with van der Waals surface area (Å²) in [5, 5.41) is 2.94. The Morgan fingerprint density at radius 2 is 1.69 bits per heavy atom. The quantitative estimate of drug-likeness (QED) is 0.655. The fourth-order valence-corrected chi connectivity index (χ4v) is 3.59. The van der Waals surface area contributed by atoms with Crippen molar-refractivity contribution in [3.05, 3.63) is 76.5 Å². The molecule has 2 amide bonds. The van der Waals surface area contributed by atoms with E-state index in [1.54, 1.807) is 14.0 Å². The van der Waals surface area contributed by atoms with Crippen LogP contribution in [0.1, 0.15) is 50.4 Å². The Morgan fingerprint density at radius 3 is 2.25 bits per heavy atom. The summed E-state index contributed by atoms with van der Waals surface area (Å²) in [4.78, 5) is 27.2. The number of aryl methyl sites for hydroxylation is 1. The maximum absolute atomic E-state index is 13.0. The highest BCUT2D eigenvalue weighted by Gasteiger charge is 2.37. The first kappa shape index (κ1) is 23.4. The lowest BCUT2D eigenvalue weighted by atomic mass is 9.85. The van der Waals surface area contributed by atoms with E-state index in [9.17, 15) is 9.59 Å². The summed E-state index contributed by atoms with van der Waals surface area (Å²) < 4.78 is 11.3. The summed E-state index contributed by atoms with van der Waals surface area (Å²) in [6.07, 6.45) is 0. The van der Waals surface area contributed by atoms with E-state index in [1.165, 1.54) is 10.5 Å². The van der Waals surface area contributed by atoms with Crippen LogP contribution >= 0.6 is 0 Å². The van der Waals surface area contributed by atoms with E-state index in [-0.39, 0.29) is 24.7 Å². The molecule has 0 spiro atoms. The van der Waals surface area contributed by atoms with Gasteiger partial charge in [-0.05, 0) is 42.5 Å². The highest BCUT2D eigenvalue weighted by atomic mass is 16.5. The lowest BCUT2D eigenvalue weighted by Gasteiger charge is -2.34. The SMILES string of the molecule is CCOC(=O)C1=C(COc2ccc(C)cc2)N(C)C(=O)N[C@H]1c1ccc(C(C)(C)C)cc1. The number of urea groups is 1. The first-order chi connectivity index (χ1) is 15.1. The van der Waals surface area contributed by atoms with E-state index in [0.717, 1.165) is 11.1 Å². The van der Waals surface area contributed by atoms with Gasteiger partial charge in [-0.2, -0.15) is 0 Å². The van der Waals surface area contributed by atoms with Crippen LogP contribution < -0.4 is 10.1 Å². The average molecular weight is 437 g/mol. The lowest BCUT2D eigenvalue weighted by Crippen LogP contribution is -2.48. The van der Waals surface area contributed by atoms with Crippen molar-refractivity contribution in [3.63, 3.8) is 0 Å². The summed E-state index contributed by atoms with van der Waals surface area (Å²) in [5.74, 6) is 0.198. The van der Waals surface area contributed by atoms with E-state index < -0.39 is 12.0 Å². The molecule has 0 aliphatic carbocycles. The normalized spacial score (nSPS) is 16.6. The van der Waals surface area contributed by atoms with Gasteiger partial charge >= 0.3 is 12.0 Å². The van der Waals surface area contributed by atoms with Crippen LogP contribution in [0.4, 0.5) is 4.79 Å². The second-order valence-electron chi connectivity index (χ2n) is 9.00. The average Bonchev–Trinajstić information content (AvgIpc) is 2.75.